The van der Waals surface area contributed by atoms with Crippen molar-refractivity contribution in [2.45, 2.75) is 49.6 Å². The third-order valence-electron chi connectivity index (χ3n) is 3.51. The molecule has 0 radical (unpaired) electrons. The van der Waals surface area contributed by atoms with E-state index in [0.29, 0.717) is 5.56 Å². The number of aliphatic hydroxyl groups excluding tert-OH is 1. The highest BCUT2D eigenvalue weighted by Crippen LogP contribution is 2.30. The molecule has 2 atom stereocenters. The van der Waals surface area contributed by atoms with Crippen molar-refractivity contribution in [2.24, 2.45) is 0 Å². The van der Waals surface area contributed by atoms with E-state index < -0.39 is 0 Å². The van der Waals surface area contributed by atoms with Gasteiger partial charge in [0.25, 0.3) is 0 Å². The Labute approximate surface area is 119 Å². The summed E-state index contributed by atoms with van der Waals surface area (Å²) in [6, 6.07) is 8.24. The molecule has 1 aliphatic carbocycles. The highest BCUT2D eigenvalue weighted by Gasteiger charge is 2.23. The molecule has 2 N–H and O–H groups in total. The first-order valence-corrected chi connectivity index (χ1v) is 7.85. The van der Waals surface area contributed by atoms with E-state index in [4.69, 9.17) is 0 Å². The predicted molar refractivity (Wildman–Crippen MR) is 79.4 cm³/mol. The number of benzene rings is 1. The van der Waals surface area contributed by atoms with Crippen LogP contribution in [0.4, 0.5) is 5.69 Å². The van der Waals surface area contributed by atoms with Gasteiger partial charge in [-0.15, -0.1) is 11.8 Å². The van der Waals surface area contributed by atoms with Crippen LogP contribution >= 0.6 is 11.8 Å². The van der Waals surface area contributed by atoms with E-state index in [1.807, 2.05) is 18.2 Å². The van der Waals surface area contributed by atoms with Crippen LogP contribution in [-0.2, 0) is 0 Å². The minimum atomic E-state index is -0.303. The van der Waals surface area contributed by atoms with Crippen molar-refractivity contribution >= 4 is 17.4 Å². The molecule has 1 aromatic carbocycles. The second kappa shape index (κ2) is 6.83. The van der Waals surface area contributed by atoms with Gasteiger partial charge in [-0.2, -0.15) is 5.26 Å². The molecule has 0 heterocycles. The number of nitriles is 1. The molecule has 1 aromatic rings. The molecule has 1 aliphatic rings. The molecule has 0 aromatic heterocycles. The maximum atomic E-state index is 10.0. The van der Waals surface area contributed by atoms with Gasteiger partial charge in [0, 0.05) is 4.90 Å². The molecule has 0 saturated heterocycles. The van der Waals surface area contributed by atoms with Crippen molar-refractivity contribution in [3.05, 3.63) is 23.8 Å². The van der Waals surface area contributed by atoms with Crippen LogP contribution in [-0.4, -0.2) is 23.0 Å². The number of anilines is 1. The SMILES string of the molecule is CCSc1cccc(NC2CCCCC2O)c1C#N. The van der Waals surface area contributed by atoms with Gasteiger partial charge in [0.2, 0.25) is 0 Å². The standard InChI is InChI=1S/C15H20N2OS/c1-2-19-15-9-5-7-12(11(15)10-16)17-13-6-3-4-8-14(13)18/h5,7,9,13-14,17-18H,2-4,6,8H2,1H3. The summed E-state index contributed by atoms with van der Waals surface area (Å²) in [5.41, 5.74) is 1.55. The molecule has 0 bridgehead atoms. The lowest BCUT2D eigenvalue weighted by atomic mass is 9.92. The summed E-state index contributed by atoms with van der Waals surface area (Å²) in [6.45, 7) is 2.08. The van der Waals surface area contributed by atoms with Crippen molar-refractivity contribution < 1.29 is 5.11 Å². The topological polar surface area (TPSA) is 56.0 Å². The Hall–Kier alpha value is -1.18. The van der Waals surface area contributed by atoms with Crippen LogP contribution < -0.4 is 5.32 Å². The van der Waals surface area contributed by atoms with Crippen LogP contribution in [0.3, 0.4) is 0 Å². The van der Waals surface area contributed by atoms with Gasteiger partial charge < -0.3 is 10.4 Å². The Bertz CT molecular complexity index is 470. The Balaban J connectivity index is 2.19. The fourth-order valence-corrected chi connectivity index (χ4v) is 3.31. The molecule has 2 unspecified atom stereocenters. The lowest BCUT2D eigenvalue weighted by Crippen LogP contribution is -2.36. The monoisotopic (exact) mass is 276 g/mol. The summed E-state index contributed by atoms with van der Waals surface area (Å²) in [5, 5.41) is 22.7. The minimum absolute atomic E-state index is 0.0720. The fraction of sp³-hybridized carbons (Fsp3) is 0.533. The van der Waals surface area contributed by atoms with Crippen LogP contribution in [0.15, 0.2) is 23.1 Å². The molecular formula is C15H20N2OS. The van der Waals surface area contributed by atoms with Crippen molar-refractivity contribution in [1.82, 2.24) is 0 Å². The molecule has 2 rings (SSSR count). The molecular weight excluding hydrogens is 256 g/mol. The summed E-state index contributed by atoms with van der Waals surface area (Å²) >= 11 is 1.68. The van der Waals surface area contributed by atoms with Crippen LogP contribution in [0.1, 0.15) is 38.2 Å². The van der Waals surface area contributed by atoms with Crippen molar-refractivity contribution in [2.75, 3.05) is 11.1 Å². The van der Waals surface area contributed by atoms with Gasteiger partial charge in [0.15, 0.2) is 0 Å². The first-order chi connectivity index (χ1) is 9.26. The summed E-state index contributed by atoms with van der Waals surface area (Å²) in [6.07, 6.45) is 3.75. The molecule has 1 fully saturated rings. The van der Waals surface area contributed by atoms with E-state index in [1.165, 1.54) is 0 Å². The maximum absolute atomic E-state index is 10.0. The molecule has 102 valence electrons. The number of rotatable bonds is 4. The van der Waals surface area contributed by atoms with Crippen LogP contribution in [0.2, 0.25) is 0 Å². The number of nitrogens with zero attached hydrogens (tertiary/aromatic N) is 1. The zero-order chi connectivity index (χ0) is 13.7. The summed E-state index contributed by atoms with van der Waals surface area (Å²) in [4.78, 5) is 1.01. The zero-order valence-corrected chi connectivity index (χ0v) is 12.0. The van der Waals surface area contributed by atoms with Gasteiger partial charge in [0.05, 0.1) is 23.4 Å². The smallest absolute Gasteiger partial charge is 0.102 e. The van der Waals surface area contributed by atoms with Gasteiger partial charge in [-0.1, -0.05) is 25.8 Å². The Morgan fingerprint density at radius 2 is 2.21 bits per heavy atom. The van der Waals surface area contributed by atoms with E-state index in [1.54, 1.807) is 11.8 Å². The van der Waals surface area contributed by atoms with Gasteiger partial charge in [-0.3, -0.25) is 0 Å². The van der Waals surface area contributed by atoms with Crippen molar-refractivity contribution in [3.8, 4) is 6.07 Å². The molecule has 3 nitrogen and oxygen atoms in total. The second-order valence-corrected chi connectivity index (χ2v) is 6.13. The first kappa shape index (κ1) is 14.2. The Morgan fingerprint density at radius 1 is 1.42 bits per heavy atom. The predicted octanol–water partition coefficient (Wildman–Crippen LogP) is 3.39. The molecule has 0 spiro atoms. The van der Waals surface area contributed by atoms with Crippen LogP contribution in [0, 0.1) is 11.3 Å². The Kier molecular flexibility index (Phi) is 5.12. The van der Waals surface area contributed by atoms with Crippen LogP contribution in [0.25, 0.3) is 0 Å². The number of thioether (sulfide) groups is 1. The molecule has 0 aliphatic heterocycles. The molecule has 19 heavy (non-hydrogen) atoms. The fourth-order valence-electron chi connectivity index (χ4n) is 2.52. The molecule has 0 amide bonds. The lowest BCUT2D eigenvalue weighted by Gasteiger charge is -2.29. The van der Waals surface area contributed by atoms with Gasteiger partial charge in [-0.05, 0) is 30.7 Å². The van der Waals surface area contributed by atoms with Crippen LogP contribution in [0.5, 0.6) is 0 Å². The highest BCUT2D eigenvalue weighted by molar-refractivity contribution is 7.99. The van der Waals surface area contributed by atoms with Gasteiger partial charge >= 0.3 is 0 Å². The van der Waals surface area contributed by atoms with E-state index >= 15 is 0 Å². The average molecular weight is 276 g/mol. The minimum Gasteiger partial charge on any atom is -0.391 e. The largest absolute Gasteiger partial charge is 0.391 e. The number of hydrogen-bond donors (Lipinski definition) is 2. The normalized spacial score (nSPS) is 22.8. The number of aliphatic hydroxyl groups is 1. The molecule has 4 heteroatoms. The van der Waals surface area contributed by atoms with Gasteiger partial charge in [-0.25, -0.2) is 0 Å². The summed E-state index contributed by atoms with van der Waals surface area (Å²) in [7, 11) is 0. The lowest BCUT2D eigenvalue weighted by molar-refractivity contribution is 0.116. The van der Waals surface area contributed by atoms with Gasteiger partial charge in [0.1, 0.15) is 6.07 Å². The quantitative estimate of drug-likeness (QED) is 0.828. The zero-order valence-electron chi connectivity index (χ0n) is 11.2. The number of nitrogens with one attached hydrogen (secondary N) is 1. The van der Waals surface area contributed by atoms with Crippen molar-refractivity contribution in [1.29, 1.82) is 5.26 Å². The second-order valence-electron chi connectivity index (χ2n) is 4.83. The van der Waals surface area contributed by atoms with E-state index in [9.17, 15) is 10.4 Å². The van der Waals surface area contributed by atoms with E-state index in [0.717, 1.165) is 42.0 Å². The third kappa shape index (κ3) is 3.43. The van der Waals surface area contributed by atoms with E-state index in [-0.39, 0.29) is 12.1 Å². The summed E-state index contributed by atoms with van der Waals surface area (Å²) in [5.74, 6) is 0.949. The van der Waals surface area contributed by atoms with E-state index in [2.05, 4.69) is 18.3 Å². The molecule has 1 saturated carbocycles. The average Bonchev–Trinajstić information content (AvgIpc) is 2.42. The Morgan fingerprint density at radius 3 is 2.89 bits per heavy atom. The first-order valence-electron chi connectivity index (χ1n) is 6.86. The number of hydrogen-bond acceptors (Lipinski definition) is 4. The summed E-state index contributed by atoms with van der Waals surface area (Å²) < 4.78 is 0. The highest BCUT2D eigenvalue weighted by atomic mass is 32.2. The van der Waals surface area contributed by atoms with Crippen molar-refractivity contribution in [3.63, 3.8) is 0 Å². The third-order valence-corrected chi connectivity index (χ3v) is 4.45. The maximum Gasteiger partial charge on any atom is 0.102 e.